The first-order valence-corrected chi connectivity index (χ1v) is 16.1. The molecule has 7 nitrogen and oxygen atoms in total. The average Bonchev–Trinajstić information content (AvgIpc) is 3.50. The van der Waals surface area contributed by atoms with Gasteiger partial charge in [0.05, 0.1) is 35.6 Å². The van der Waals surface area contributed by atoms with Crippen molar-refractivity contribution in [2.45, 2.75) is 26.8 Å². The highest BCUT2D eigenvalue weighted by molar-refractivity contribution is 14.1. The van der Waals surface area contributed by atoms with Gasteiger partial charge in [-0.25, -0.2) is 9.79 Å². The molecule has 3 aromatic carbocycles. The van der Waals surface area contributed by atoms with E-state index in [1.165, 1.54) is 11.3 Å². The molecule has 3 heterocycles. The molecule has 0 amide bonds. The van der Waals surface area contributed by atoms with Crippen LogP contribution in [0.1, 0.15) is 41.0 Å². The molecule has 6 rings (SSSR count). The number of nitrogens with zero attached hydrogens (tertiary/aromatic N) is 3. The van der Waals surface area contributed by atoms with Crippen molar-refractivity contribution < 1.29 is 14.3 Å². The van der Waals surface area contributed by atoms with Crippen molar-refractivity contribution in [3.05, 3.63) is 142 Å². The summed E-state index contributed by atoms with van der Waals surface area (Å²) >= 11 is 3.61. The SMILES string of the molecule is CCOC(=O)C1=C(c2ccccc2)N=c2s/c(=C\c3cc(C)n(-c4ccc(I)cc4)c3C)c(=O)n2[C@H]1c1cccc(OC)c1. The van der Waals surface area contributed by atoms with Gasteiger partial charge in [0, 0.05) is 26.2 Å². The number of thiazole rings is 1. The second-order valence-electron chi connectivity index (χ2n) is 10.3. The van der Waals surface area contributed by atoms with Crippen LogP contribution in [0.5, 0.6) is 5.75 Å². The van der Waals surface area contributed by atoms with Crippen LogP contribution < -0.4 is 19.6 Å². The minimum Gasteiger partial charge on any atom is -0.497 e. The number of aromatic nitrogens is 2. The summed E-state index contributed by atoms with van der Waals surface area (Å²) in [5.41, 5.74) is 6.15. The number of carbonyl (C=O) groups is 1. The number of fused-ring (bicyclic) bond motifs is 1. The maximum Gasteiger partial charge on any atom is 0.338 e. The maximum atomic E-state index is 14.3. The zero-order chi connectivity index (χ0) is 31.0. The van der Waals surface area contributed by atoms with Crippen LogP contribution in [0.15, 0.2) is 100 Å². The minimum absolute atomic E-state index is 0.190. The van der Waals surface area contributed by atoms with E-state index in [1.807, 2.05) is 60.7 Å². The number of carbonyl (C=O) groups excluding carboxylic acids is 1. The van der Waals surface area contributed by atoms with Crippen LogP contribution in [-0.2, 0) is 9.53 Å². The number of benzene rings is 3. The summed E-state index contributed by atoms with van der Waals surface area (Å²) in [5, 5.41) is 0. The monoisotopic (exact) mass is 715 g/mol. The lowest BCUT2D eigenvalue weighted by Gasteiger charge is -2.26. The molecule has 5 aromatic rings. The van der Waals surface area contributed by atoms with E-state index in [-0.39, 0.29) is 12.2 Å². The summed E-state index contributed by atoms with van der Waals surface area (Å²) in [6, 6.07) is 26.6. The van der Waals surface area contributed by atoms with E-state index < -0.39 is 12.0 Å². The van der Waals surface area contributed by atoms with Gasteiger partial charge >= 0.3 is 5.97 Å². The van der Waals surface area contributed by atoms with Crippen molar-refractivity contribution in [1.82, 2.24) is 9.13 Å². The predicted octanol–water partition coefficient (Wildman–Crippen LogP) is 5.96. The van der Waals surface area contributed by atoms with E-state index in [0.717, 1.165) is 37.3 Å². The van der Waals surface area contributed by atoms with Gasteiger partial charge in [-0.2, -0.15) is 0 Å². The molecule has 9 heteroatoms. The van der Waals surface area contributed by atoms with E-state index in [1.54, 1.807) is 18.6 Å². The Balaban J connectivity index is 1.60. The Morgan fingerprint density at radius 3 is 2.48 bits per heavy atom. The molecule has 0 spiro atoms. The fraction of sp³-hybridized carbons (Fsp3) is 0.171. The Hall–Kier alpha value is -4.22. The van der Waals surface area contributed by atoms with Crippen molar-refractivity contribution in [3.63, 3.8) is 0 Å². The van der Waals surface area contributed by atoms with Crippen LogP contribution in [0.2, 0.25) is 0 Å². The Morgan fingerprint density at radius 2 is 1.77 bits per heavy atom. The van der Waals surface area contributed by atoms with Crippen LogP contribution in [-0.4, -0.2) is 28.8 Å². The number of esters is 1. The summed E-state index contributed by atoms with van der Waals surface area (Å²) in [7, 11) is 1.59. The topological polar surface area (TPSA) is 74.8 Å². The van der Waals surface area contributed by atoms with Gasteiger partial charge < -0.3 is 14.0 Å². The second kappa shape index (κ2) is 12.4. The van der Waals surface area contributed by atoms with Gasteiger partial charge in [0.1, 0.15) is 5.75 Å². The zero-order valence-corrected chi connectivity index (χ0v) is 27.7. The van der Waals surface area contributed by atoms with Crippen molar-refractivity contribution in [2.75, 3.05) is 13.7 Å². The lowest BCUT2D eigenvalue weighted by atomic mass is 9.93. The first-order chi connectivity index (χ1) is 21.3. The highest BCUT2D eigenvalue weighted by atomic mass is 127. The van der Waals surface area contributed by atoms with E-state index in [2.05, 4.69) is 71.3 Å². The van der Waals surface area contributed by atoms with Crippen molar-refractivity contribution >= 4 is 51.7 Å². The molecule has 1 aliphatic rings. The Morgan fingerprint density at radius 1 is 1.02 bits per heavy atom. The fourth-order valence-electron chi connectivity index (χ4n) is 5.63. The molecule has 1 aliphatic heterocycles. The van der Waals surface area contributed by atoms with Crippen LogP contribution >= 0.6 is 33.9 Å². The molecule has 222 valence electrons. The predicted molar refractivity (Wildman–Crippen MR) is 182 cm³/mol. The third-order valence-corrected chi connectivity index (χ3v) is 9.33. The van der Waals surface area contributed by atoms with Crippen molar-refractivity contribution in [3.8, 4) is 11.4 Å². The quantitative estimate of drug-likeness (QED) is 0.154. The molecule has 0 saturated carbocycles. The molecule has 0 unspecified atom stereocenters. The Bertz CT molecular complexity index is 2090. The molecule has 0 aliphatic carbocycles. The highest BCUT2D eigenvalue weighted by Crippen LogP contribution is 2.36. The van der Waals surface area contributed by atoms with E-state index in [4.69, 9.17) is 14.5 Å². The largest absolute Gasteiger partial charge is 0.497 e. The third-order valence-electron chi connectivity index (χ3n) is 7.62. The highest BCUT2D eigenvalue weighted by Gasteiger charge is 2.35. The summed E-state index contributed by atoms with van der Waals surface area (Å²) in [5.74, 6) is 0.104. The molecule has 0 radical (unpaired) electrons. The summed E-state index contributed by atoms with van der Waals surface area (Å²) in [6.07, 6.45) is 1.92. The molecule has 0 N–H and O–H groups in total. The van der Waals surface area contributed by atoms with Gasteiger partial charge in [0.25, 0.3) is 5.56 Å². The first kappa shape index (κ1) is 29.8. The fourth-order valence-corrected chi connectivity index (χ4v) is 6.98. The van der Waals surface area contributed by atoms with Crippen LogP contribution in [0.25, 0.3) is 17.5 Å². The van der Waals surface area contributed by atoms with Gasteiger partial charge in [-0.15, -0.1) is 0 Å². The van der Waals surface area contributed by atoms with Crippen molar-refractivity contribution in [2.24, 2.45) is 4.99 Å². The van der Waals surface area contributed by atoms with Crippen LogP contribution in [0, 0.1) is 17.4 Å². The molecule has 0 fully saturated rings. The summed E-state index contributed by atoms with van der Waals surface area (Å²) in [4.78, 5) is 33.4. The van der Waals surface area contributed by atoms with Gasteiger partial charge in [0.15, 0.2) is 4.80 Å². The zero-order valence-electron chi connectivity index (χ0n) is 24.7. The second-order valence-corrected chi connectivity index (χ2v) is 12.6. The smallest absolute Gasteiger partial charge is 0.338 e. The third kappa shape index (κ3) is 5.46. The standard InChI is InChI=1S/C35H30IN3O4S/c1-5-43-34(41)30-31(23-10-7-6-8-11-23)37-35-39(32(30)24-12-9-13-28(19-24)42-4)33(40)29(44-35)20-25-18-21(2)38(22(25)3)27-16-14-26(36)15-17-27/h6-20,32H,5H2,1-4H3/b29-20-/t32-/m0/s1. The minimum atomic E-state index is -0.767. The summed E-state index contributed by atoms with van der Waals surface area (Å²) in [6.45, 7) is 6.07. The number of hydrogen-bond donors (Lipinski definition) is 0. The van der Waals surface area contributed by atoms with Gasteiger partial charge in [-0.05, 0) is 103 Å². The Kier molecular flexibility index (Phi) is 8.42. The molecular weight excluding hydrogens is 685 g/mol. The van der Waals surface area contributed by atoms with E-state index in [9.17, 15) is 9.59 Å². The summed E-state index contributed by atoms with van der Waals surface area (Å²) < 4.78 is 16.6. The van der Waals surface area contributed by atoms with Gasteiger partial charge in [-0.1, -0.05) is 53.8 Å². The van der Waals surface area contributed by atoms with Crippen LogP contribution in [0.3, 0.4) is 0 Å². The number of rotatable bonds is 7. The molecule has 0 saturated heterocycles. The maximum absolute atomic E-state index is 14.3. The molecule has 1 atom stereocenters. The number of methoxy groups -OCH3 is 1. The van der Waals surface area contributed by atoms with E-state index >= 15 is 0 Å². The van der Waals surface area contributed by atoms with Crippen molar-refractivity contribution in [1.29, 1.82) is 0 Å². The lowest BCUT2D eigenvalue weighted by molar-refractivity contribution is -0.138. The number of aryl methyl sites for hydroxylation is 1. The number of ether oxygens (including phenoxy) is 2. The molecule has 0 bridgehead atoms. The Labute approximate surface area is 272 Å². The van der Waals surface area contributed by atoms with E-state index in [0.29, 0.717) is 26.4 Å². The molecule has 2 aromatic heterocycles. The molecule has 44 heavy (non-hydrogen) atoms. The number of halogens is 1. The van der Waals surface area contributed by atoms with Gasteiger partial charge in [-0.3, -0.25) is 9.36 Å². The van der Waals surface area contributed by atoms with Crippen LogP contribution in [0.4, 0.5) is 0 Å². The molecular formula is C35H30IN3O4S. The average molecular weight is 716 g/mol. The first-order valence-electron chi connectivity index (χ1n) is 14.2. The number of hydrogen-bond acceptors (Lipinski definition) is 6. The van der Waals surface area contributed by atoms with Gasteiger partial charge in [0.2, 0.25) is 0 Å². The normalized spacial score (nSPS) is 14.8. The lowest BCUT2D eigenvalue weighted by Crippen LogP contribution is -2.40.